The molecule has 17 heavy (non-hydrogen) atoms. The smallest absolute Gasteiger partial charge is 0.339 e. The molecule has 7 heteroatoms. The van der Waals surface area contributed by atoms with Crippen molar-refractivity contribution in [2.75, 3.05) is 17.2 Å². The van der Waals surface area contributed by atoms with Crippen molar-refractivity contribution in [3.05, 3.63) is 16.7 Å². The molecule has 0 aliphatic carbocycles. The number of carbonyl (C=O) groups is 1. The molecule has 0 bridgehead atoms. The monoisotopic (exact) mass is 301 g/mol. The maximum absolute atomic E-state index is 11.4. The van der Waals surface area contributed by atoms with Gasteiger partial charge in [0, 0.05) is 10.7 Å². The lowest BCUT2D eigenvalue weighted by molar-refractivity contribution is -0.153. The third-order valence-corrected chi connectivity index (χ3v) is 2.74. The van der Waals surface area contributed by atoms with Crippen LogP contribution in [0.5, 0.6) is 0 Å². The molecule has 0 spiro atoms. The molecule has 0 aromatic carbocycles. The Labute approximate surface area is 107 Å². The van der Waals surface area contributed by atoms with Crippen molar-refractivity contribution in [2.45, 2.75) is 19.2 Å². The van der Waals surface area contributed by atoms with Gasteiger partial charge in [-0.1, -0.05) is 0 Å². The molecule has 0 saturated carbocycles. The fourth-order valence-corrected chi connectivity index (χ4v) is 1.87. The van der Waals surface area contributed by atoms with Crippen molar-refractivity contribution < 1.29 is 14.6 Å². The highest BCUT2D eigenvalue weighted by atomic mass is 79.9. The van der Waals surface area contributed by atoms with Gasteiger partial charge in [0.1, 0.15) is 6.17 Å². The number of nitrogens with one attached hydrogen (secondary N) is 2. The van der Waals surface area contributed by atoms with Crippen LogP contribution in [0, 0.1) is 0 Å². The molecule has 92 valence electrons. The van der Waals surface area contributed by atoms with E-state index in [1.807, 2.05) is 6.07 Å². The average Bonchev–Trinajstić information content (AvgIpc) is 2.71. The zero-order chi connectivity index (χ0) is 12.4. The molecule has 0 amide bonds. The second kappa shape index (κ2) is 4.89. The lowest BCUT2D eigenvalue weighted by Crippen LogP contribution is -2.42. The first kappa shape index (κ1) is 12.1. The van der Waals surface area contributed by atoms with Crippen LogP contribution in [0.4, 0.5) is 11.5 Å². The van der Waals surface area contributed by atoms with Gasteiger partial charge in [-0.25, -0.2) is 9.78 Å². The number of aromatic nitrogens is 1. The van der Waals surface area contributed by atoms with Gasteiger partial charge in [-0.15, -0.1) is 0 Å². The number of rotatable bonds is 3. The number of hydrogen-bond donors (Lipinski definition) is 3. The molecular formula is C10H12BrN3O3. The Morgan fingerprint density at radius 1 is 1.71 bits per heavy atom. The van der Waals surface area contributed by atoms with Crippen molar-refractivity contribution in [3.8, 4) is 0 Å². The van der Waals surface area contributed by atoms with E-state index in [0.29, 0.717) is 5.82 Å². The first-order valence-corrected chi connectivity index (χ1v) is 5.94. The molecule has 0 saturated heterocycles. The number of aliphatic hydroxyl groups is 1. The van der Waals surface area contributed by atoms with E-state index in [4.69, 9.17) is 4.74 Å². The van der Waals surface area contributed by atoms with Gasteiger partial charge in [0.05, 0.1) is 12.3 Å². The zero-order valence-electron chi connectivity index (χ0n) is 9.11. The van der Waals surface area contributed by atoms with Crippen molar-refractivity contribution in [3.63, 3.8) is 0 Å². The molecule has 2 heterocycles. The quantitative estimate of drug-likeness (QED) is 0.721. The van der Waals surface area contributed by atoms with Crippen LogP contribution in [-0.4, -0.2) is 34.9 Å². The van der Waals surface area contributed by atoms with Crippen LogP contribution in [0.3, 0.4) is 0 Å². The molecule has 1 aliphatic rings. The summed E-state index contributed by atoms with van der Waals surface area (Å²) in [7, 11) is 0. The van der Waals surface area contributed by atoms with Crippen molar-refractivity contribution >= 4 is 33.4 Å². The summed E-state index contributed by atoms with van der Waals surface area (Å²) in [5, 5.41) is 15.6. The number of esters is 1. The van der Waals surface area contributed by atoms with Crippen molar-refractivity contribution in [1.82, 2.24) is 4.98 Å². The van der Waals surface area contributed by atoms with Crippen LogP contribution in [0.1, 0.15) is 6.92 Å². The maximum Gasteiger partial charge on any atom is 0.339 e. The predicted molar refractivity (Wildman–Crippen MR) is 65.6 cm³/mol. The average molecular weight is 302 g/mol. The number of fused-ring (bicyclic) bond motifs is 1. The van der Waals surface area contributed by atoms with Gasteiger partial charge < -0.3 is 20.5 Å². The van der Waals surface area contributed by atoms with E-state index in [9.17, 15) is 9.90 Å². The molecule has 2 unspecified atom stereocenters. The Kier molecular flexibility index (Phi) is 3.49. The zero-order valence-corrected chi connectivity index (χ0v) is 10.7. The van der Waals surface area contributed by atoms with E-state index < -0.39 is 18.2 Å². The fourth-order valence-electron chi connectivity index (χ4n) is 1.54. The summed E-state index contributed by atoms with van der Waals surface area (Å²) in [4.78, 5) is 15.5. The number of halogens is 1. The molecule has 1 aromatic rings. The summed E-state index contributed by atoms with van der Waals surface area (Å²) in [5.74, 6) is -0.0640. The standard InChI is InChI=1S/C10H12BrN3O3/c1-2-17-10(16)7(15)9-13-6-3-5(11)4-12-8(6)14-9/h3-4,7,9,13,15H,2H2,1H3,(H,12,14). The van der Waals surface area contributed by atoms with Gasteiger partial charge in [0.2, 0.25) is 0 Å². The van der Waals surface area contributed by atoms with Crippen molar-refractivity contribution in [2.24, 2.45) is 0 Å². The fraction of sp³-hybridized carbons (Fsp3) is 0.400. The van der Waals surface area contributed by atoms with Gasteiger partial charge in [-0.05, 0) is 28.9 Å². The highest BCUT2D eigenvalue weighted by Crippen LogP contribution is 2.30. The summed E-state index contributed by atoms with van der Waals surface area (Å²) in [5.41, 5.74) is 0.729. The highest BCUT2D eigenvalue weighted by molar-refractivity contribution is 9.10. The van der Waals surface area contributed by atoms with Crippen molar-refractivity contribution in [1.29, 1.82) is 0 Å². The highest BCUT2D eigenvalue weighted by Gasteiger charge is 2.32. The van der Waals surface area contributed by atoms with Crippen LogP contribution in [0.25, 0.3) is 0 Å². The topological polar surface area (TPSA) is 83.5 Å². The minimum Gasteiger partial charge on any atom is -0.464 e. The molecular weight excluding hydrogens is 290 g/mol. The molecule has 1 aliphatic heterocycles. The molecule has 6 nitrogen and oxygen atoms in total. The van der Waals surface area contributed by atoms with Gasteiger partial charge >= 0.3 is 5.97 Å². The molecule has 3 N–H and O–H groups in total. The Balaban J connectivity index is 2.07. The lowest BCUT2D eigenvalue weighted by atomic mass is 10.3. The largest absolute Gasteiger partial charge is 0.464 e. The van der Waals surface area contributed by atoms with E-state index >= 15 is 0 Å². The molecule has 2 rings (SSSR count). The lowest BCUT2D eigenvalue weighted by Gasteiger charge is -2.17. The number of aliphatic hydroxyl groups excluding tert-OH is 1. The van der Waals surface area contributed by atoms with E-state index in [1.54, 1.807) is 13.1 Å². The first-order valence-electron chi connectivity index (χ1n) is 5.15. The summed E-state index contributed by atoms with van der Waals surface area (Å²) < 4.78 is 5.56. The number of anilines is 2. The Hall–Kier alpha value is -1.34. The summed E-state index contributed by atoms with van der Waals surface area (Å²) >= 11 is 3.29. The number of ether oxygens (including phenoxy) is 1. The summed E-state index contributed by atoms with van der Waals surface area (Å²) in [6.45, 7) is 1.92. The number of nitrogens with zero attached hydrogens (tertiary/aromatic N) is 1. The van der Waals surface area contributed by atoms with Gasteiger partial charge in [-0.2, -0.15) is 0 Å². The van der Waals surface area contributed by atoms with Crippen LogP contribution >= 0.6 is 15.9 Å². The minimum absolute atomic E-state index is 0.235. The SMILES string of the molecule is CCOC(=O)C(O)C1Nc2cc(Br)cnc2N1. The Bertz CT molecular complexity index is 441. The first-order chi connectivity index (χ1) is 8.11. The van der Waals surface area contributed by atoms with Gasteiger partial charge in [0.25, 0.3) is 0 Å². The van der Waals surface area contributed by atoms with E-state index in [2.05, 4.69) is 31.5 Å². The normalized spacial score (nSPS) is 18.9. The summed E-state index contributed by atoms with van der Waals surface area (Å²) in [6, 6.07) is 1.81. The minimum atomic E-state index is -1.28. The molecule has 0 radical (unpaired) electrons. The Morgan fingerprint density at radius 2 is 2.47 bits per heavy atom. The Morgan fingerprint density at radius 3 is 3.18 bits per heavy atom. The van der Waals surface area contributed by atoms with Crippen LogP contribution in [0.2, 0.25) is 0 Å². The third-order valence-electron chi connectivity index (χ3n) is 2.30. The number of pyridine rings is 1. The van der Waals surface area contributed by atoms with Crippen LogP contribution < -0.4 is 10.6 Å². The maximum atomic E-state index is 11.4. The summed E-state index contributed by atoms with van der Waals surface area (Å²) in [6.07, 6.45) is -0.263. The predicted octanol–water partition coefficient (Wildman–Crippen LogP) is 0.932. The third kappa shape index (κ3) is 2.50. The van der Waals surface area contributed by atoms with E-state index in [0.717, 1.165) is 10.2 Å². The number of carbonyl (C=O) groups excluding carboxylic acids is 1. The van der Waals surface area contributed by atoms with E-state index in [-0.39, 0.29) is 6.61 Å². The van der Waals surface area contributed by atoms with E-state index in [1.165, 1.54) is 0 Å². The van der Waals surface area contributed by atoms with Crippen LogP contribution in [-0.2, 0) is 9.53 Å². The second-order valence-corrected chi connectivity index (χ2v) is 4.43. The molecule has 1 aromatic heterocycles. The number of hydrogen-bond acceptors (Lipinski definition) is 6. The van der Waals surface area contributed by atoms with Gasteiger partial charge in [-0.3, -0.25) is 0 Å². The molecule has 0 fully saturated rings. The van der Waals surface area contributed by atoms with Crippen LogP contribution in [0.15, 0.2) is 16.7 Å². The van der Waals surface area contributed by atoms with Gasteiger partial charge in [0.15, 0.2) is 11.9 Å². The molecule has 2 atom stereocenters. The second-order valence-electron chi connectivity index (χ2n) is 3.51.